The third-order valence-electron chi connectivity index (χ3n) is 5.26. The number of carbonyl (C=O) groups excluding carboxylic acids is 1. The van der Waals surface area contributed by atoms with E-state index < -0.39 is 0 Å². The minimum atomic E-state index is -0.294. The van der Waals surface area contributed by atoms with Crippen LogP contribution < -0.4 is 0 Å². The molecule has 0 bridgehead atoms. The van der Waals surface area contributed by atoms with Gasteiger partial charge in [-0.3, -0.25) is 4.31 Å². The van der Waals surface area contributed by atoms with Gasteiger partial charge in [-0.05, 0) is 60.7 Å². The molecule has 146 valence electrons. The van der Waals surface area contributed by atoms with Gasteiger partial charge in [0.15, 0.2) is 0 Å². The van der Waals surface area contributed by atoms with Gasteiger partial charge in [-0.1, -0.05) is 18.4 Å². The minimum Gasteiger partial charge on any atom is -0.507 e. The first-order chi connectivity index (χ1) is 13.1. The van der Waals surface area contributed by atoms with Crippen molar-refractivity contribution in [1.29, 1.82) is 0 Å². The van der Waals surface area contributed by atoms with Crippen LogP contribution in [0.3, 0.4) is 0 Å². The number of hydrogen-bond donors (Lipinski definition) is 1. The lowest BCUT2D eigenvalue weighted by Crippen LogP contribution is -2.23. The molecule has 2 fully saturated rings. The highest BCUT2D eigenvalue weighted by Gasteiger charge is 2.33. The molecule has 0 amide bonds. The fourth-order valence-electron chi connectivity index (χ4n) is 3.84. The van der Waals surface area contributed by atoms with Crippen LogP contribution in [0.2, 0.25) is 0 Å². The minimum absolute atomic E-state index is 0.149. The zero-order chi connectivity index (χ0) is 19.0. The van der Waals surface area contributed by atoms with Gasteiger partial charge in [0.2, 0.25) is 0 Å². The number of halogens is 1. The number of carbonyl (C=O) groups is 1. The second kappa shape index (κ2) is 8.05. The van der Waals surface area contributed by atoms with Crippen molar-refractivity contribution >= 4 is 44.8 Å². The van der Waals surface area contributed by atoms with Crippen molar-refractivity contribution in [2.75, 3.05) is 19.7 Å². The zero-order valence-corrected chi connectivity index (χ0v) is 17.9. The quantitative estimate of drug-likeness (QED) is 0.478. The van der Waals surface area contributed by atoms with Crippen LogP contribution in [-0.2, 0) is 10.5 Å². The molecule has 2 heterocycles. The number of rotatable bonds is 6. The molecule has 1 aliphatic heterocycles. The van der Waals surface area contributed by atoms with Crippen molar-refractivity contribution in [3.8, 4) is 5.75 Å². The lowest BCUT2D eigenvalue weighted by Gasteiger charge is -2.25. The van der Waals surface area contributed by atoms with Crippen molar-refractivity contribution in [3.63, 3.8) is 0 Å². The molecule has 27 heavy (non-hydrogen) atoms. The maximum Gasteiger partial charge on any atom is 0.340 e. The molecule has 0 unspecified atom stereocenters. The first kappa shape index (κ1) is 19.2. The lowest BCUT2D eigenvalue weighted by atomic mass is 10.1. The van der Waals surface area contributed by atoms with Gasteiger partial charge in [0.1, 0.15) is 5.75 Å². The van der Waals surface area contributed by atoms with Crippen LogP contribution in [0.25, 0.3) is 10.9 Å². The van der Waals surface area contributed by atoms with Crippen molar-refractivity contribution in [1.82, 2.24) is 8.87 Å². The Balaban J connectivity index is 1.79. The van der Waals surface area contributed by atoms with Crippen LogP contribution in [0.5, 0.6) is 5.75 Å². The summed E-state index contributed by atoms with van der Waals surface area (Å²) in [5.41, 5.74) is 2.64. The van der Waals surface area contributed by atoms with E-state index >= 15 is 0 Å². The number of fused-ring (bicyclic) bond motifs is 1. The number of phenols is 1. The molecular weight excluding hydrogens is 428 g/mol. The summed E-state index contributed by atoms with van der Waals surface area (Å²) in [5.74, 6) is 0.603. The highest BCUT2D eigenvalue weighted by Crippen LogP contribution is 2.44. The average Bonchev–Trinajstić information content (AvgIpc) is 3.45. The van der Waals surface area contributed by atoms with Gasteiger partial charge in [0.25, 0.3) is 0 Å². The first-order valence-electron chi connectivity index (χ1n) is 9.70. The molecule has 0 radical (unpaired) electrons. The van der Waals surface area contributed by atoms with Crippen molar-refractivity contribution < 1.29 is 14.6 Å². The van der Waals surface area contributed by atoms with Crippen molar-refractivity contribution in [2.24, 2.45) is 0 Å². The van der Waals surface area contributed by atoms with Gasteiger partial charge in [0.05, 0.1) is 22.2 Å². The molecule has 1 N–H and O–H groups in total. The van der Waals surface area contributed by atoms with E-state index in [1.807, 2.05) is 24.9 Å². The maximum atomic E-state index is 12.8. The molecule has 1 aromatic heterocycles. The monoisotopic (exact) mass is 452 g/mol. The van der Waals surface area contributed by atoms with Crippen LogP contribution in [0.1, 0.15) is 61.1 Å². The number of aromatic nitrogens is 1. The highest BCUT2D eigenvalue weighted by atomic mass is 79.9. The number of esters is 1. The highest BCUT2D eigenvalue weighted by molar-refractivity contribution is 9.10. The summed E-state index contributed by atoms with van der Waals surface area (Å²) >= 11 is 5.24. The van der Waals surface area contributed by atoms with Gasteiger partial charge in [0, 0.05) is 36.0 Å². The van der Waals surface area contributed by atoms with E-state index in [9.17, 15) is 9.90 Å². The second-order valence-corrected chi connectivity index (χ2v) is 9.14. The molecular formula is C20H25BrN2O3S. The van der Waals surface area contributed by atoms with Crippen LogP contribution >= 0.6 is 27.9 Å². The number of nitrogens with zero attached hydrogens (tertiary/aromatic N) is 2. The third kappa shape index (κ3) is 3.87. The van der Waals surface area contributed by atoms with E-state index in [4.69, 9.17) is 4.74 Å². The van der Waals surface area contributed by atoms with E-state index in [2.05, 4.69) is 24.8 Å². The van der Waals surface area contributed by atoms with Crippen LogP contribution in [0, 0.1) is 0 Å². The molecule has 7 heteroatoms. The molecule has 0 atom stereocenters. The Kier molecular flexibility index (Phi) is 5.71. The Bertz CT molecular complexity index is 857. The molecule has 4 rings (SSSR count). The first-order valence-corrected chi connectivity index (χ1v) is 11.4. The van der Waals surface area contributed by atoms with E-state index in [1.54, 1.807) is 6.07 Å². The van der Waals surface area contributed by atoms with Gasteiger partial charge >= 0.3 is 5.97 Å². The summed E-state index contributed by atoms with van der Waals surface area (Å²) in [5, 5.41) is 11.0. The summed E-state index contributed by atoms with van der Waals surface area (Å²) in [6.45, 7) is 4.38. The van der Waals surface area contributed by atoms with E-state index in [-0.39, 0.29) is 11.7 Å². The molecule has 5 nitrogen and oxygen atoms in total. The fourth-order valence-corrected chi connectivity index (χ4v) is 5.28. The number of piperidine rings is 1. The molecule has 0 spiro atoms. The van der Waals surface area contributed by atoms with Gasteiger partial charge in [-0.25, -0.2) is 4.79 Å². The van der Waals surface area contributed by atoms with Crippen LogP contribution in [0.4, 0.5) is 0 Å². The maximum absolute atomic E-state index is 12.8. The van der Waals surface area contributed by atoms with Crippen molar-refractivity contribution in [2.45, 2.75) is 50.8 Å². The van der Waals surface area contributed by atoms with Crippen LogP contribution in [-0.4, -0.2) is 39.6 Å². The largest absolute Gasteiger partial charge is 0.507 e. The normalized spacial score (nSPS) is 18.1. The summed E-state index contributed by atoms with van der Waals surface area (Å²) in [6, 6.07) is 4.06. The molecule has 1 saturated heterocycles. The number of phenolic OH excluding ortho intramolecular Hbond substituents is 1. The molecule has 1 aromatic carbocycles. The summed E-state index contributed by atoms with van der Waals surface area (Å²) in [6.07, 6.45) is 6.05. The van der Waals surface area contributed by atoms with E-state index in [0.717, 1.165) is 48.3 Å². The summed E-state index contributed by atoms with van der Waals surface area (Å²) in [7, 11) is 0. The Morgan fingerprint density at radius 2 is 2.04 bits per heavy atom. The number of hydrogen-bond acceptors (Lipinski definition) is 5. The Morgan fingerprint density at radius 3 is 2.70 bits per heavy atom. The molecule has 1 aliphatic carbocycles. The van der Waals surface area contributed by atoms with Crippen LogP contribution in [0.15, 0.2) is 16.6 Å². The Labute approximate surface area is 172 Å². The average molecular weight is 453 g/mol. The number of aromatic hydroxyl groups is 1. The Hall–Kier alpha value is -1.18. The fraction of sp³-hybridized carbons (Fsp3) is 0.550. The third-order valence-corrected chi connectivity index (χ3v) is 7.03. The molecule has 2 aliphatic rings. The van der Waals surface area contributed by atoms with Gasteiger partial charge in [-0.2, -0.15) is 0 Å². The Morgan fingerprint density at radius 1 is 1.30 bits per heavy atom. The molecule has 1 saturated carbocycles. The standard InChI is InChI=1S/C20H25BrN2O3S/c1-2-26-20(25)19-14-10-18(24)15(21)11-16(14)23(13-6-7-13)17(19)12-27-22-8-4-3-5-9-22/h10-11,13,24H,2-9,12H2,1H3. The van der Waals surface area contributed by atoms with E-state index in [0.29, 0.717) is 22.7 Å². The lowest BCUT2D eigenvalue weighted by molar-refractivity contribution is 0.0527. The molecule has 2 aromatic rings. The second-order valence-electron chi connectivity index (χ2n) is 7.23. The predicted molar refractivity (Wildman–Crippen MR) is 112 cm³/mol. The van der Waals surface area contributed by atoms with Crippen molar-refractivity contribution in [3.05, 3.63) is 27.9 Å². The van der Waals surface area contributed by atoms with E-state index in [1.165, 1.54) is 19.3 Å². The number of benzene rings is 1. The zero-order valence-electron chi connectivity index (χ0n) is 15.5. The SMILES string of the molecule is CCOC(=O)c1c(CSN2CCCCC2)n(C2CC2)c2cc(Br)c(O)cc12. The number of ether oxygens (including phenoxy) is 1. The smallest absolute Gasteiger partial charge is 0.340 e. The van der Waals surface area contributed by atoms with Gasteiger partial charge < -0.3 is 14.4 Å². The topological polar surface area (TPSA) is 54.7 Å². The predicted octanol–water partition coefficient (Wildman–Crippen LogP) is 5.26. The summed E-state index contributed by atoms with van der Waals surface area (Å²) in [4.78, 5) is 12.8. The summed E-state index contributed by atoms with van der Waals surface area (Å²) < 4.78 is 10.8. The van der Waals surface area contributed by atoms with Gasteiger partial charge in [-0.15, -0.1) is 0 Å².